The second-order valence-electron chi connectivity index (χ2n) is 5.22. The monoisotopic (exact) mass is 317 g/mol. The van der Waals surface area contributed by atoms with Gasteiger partial charge >= 0.3 is 0 Å². The highest BCUT2D eigenvalue weighted by Gasteiger charge is 2.36. The van der Waals surface area contributed by atoms with Crippen LogP contribution in [0.3, 0.4) is 0 Å². The van der Waals surface area contributed by atoms with Gasteiger partial charge in [-0.25, -0.2) is 8.78 Å². The third-order valence-corrected chi connectivity index (χ3v) is 4.10. The zero-order valence-corrected chi connectivity index (χ0v) is 11.8. The van der Waals surface area contributed by atoms with Crippen molar-refractivity contribution in [3.8, 4) is 0 Å². The molecule has 2 N–H and O–H groups in total. The van der Waals surface area contributed by atoms with E-state index < -0.39 is 5.92 Å². The first-order valence-corrected chi connectivity index (χ1v) is 7.14. The molecule has 0 radical (unpaired) electrons. The third-order valence-electron chi connectivity index (χ3n) is 3.61. The molecule has 1 aliphatic carbocycles. The van der Waals surface area contributed by atoms with Crippen molar-refractivity contribution in [1.29, 1.82) is 0 Å². The lowest BCUT2D eigenvalue weighted by Gasteiger charge is -2.30. The van der Waals surface area contributed by atoms with Crippen LogP contribution in [0.2, 0.25) is 0 Å². The Labute approximate surface area is 115 Å². The largest absolute Gasteiger partial charge is 0.324 e. The van der Waals surface area contributed by atoms with Crippen molar-refractivity contribution in [2.75, 3.05) is 0 Å². The molecule has 0 bridgehead atoms. The van der Waals surface area contributed by atoms with Crippen LogP contribution in [0.4, 0.5) is 8.78 Å². The lowest BCUT2D eigenvalue weighted by molar-refractivity contribution is -0.0543. The summed E-state index contributed by atoms with van der Waals surface area (Å²) in [5.41, 5.74) is 7.13. The standard InChI is InChI=1S/C14H18BrF2N/c15-12-5-1-4-11(8-12)13(18)7-10-3-2-6-14(16,17)9-10/h1,4-5,8,10,13H,2-3,6-7,9,18H2. The fourth-order valence-corrected chi connectivity index (χ4v) is 3.13. The molecule has 1 saturated carbocycles. The molecular formula is C14H18BrF2N. The lowest BCUT2D eigenvalue weighted by Crippen LogP contribution is -2.28. The van der Waals surface area contributed by atoms with Crippen molar-refractivity contribution in [2.45, 2.75) is 44.1 Å². The summed E-state index contributed by atoms with van der Waals surface area (Å²) >= 11 is 3.40. The smallest absolute Gasteiger partial charge is 0.248 e. The molecular weight excluding hydrogens is 300 g/mol. The molecule has 0 amide bonds. The number of hydrogen-bond acceptors (Lipinski definition) is 1. The van der Waals surface area contributed by atoms with Gasteiger partial charge in [0.25, 0.3) is 0 Å². The van der Waals surface area contributed by atoms with Crippen molar-refractivity contribution in [3.05, 3.63) is 34.3 Å². The summed E-state index contributed by atoms with van der Waals surface area (Å²) in [6, 6.07) is 7.63. The Bertz CT molecular complexity index is 409. The molecule has 2 atom stereocenters. The predicted molar refractivity (Wildman–Crippen MR) is 72.6 cm³/mol. The first-order chi connectivity index (χ1) is 8.46. The molecule has 1 aromatic carbocycles. The number of alkyl halides is 2. The van der Waals surface area contributed by atoms with Crippen molar-refractivity contribution in [3.63, 3.8) is 0 Å². The van der Waals surface area contributed by atoms with Crippen LogP contribution in [-0.4, -0.2) is 5.92 Å². The van der Waals surface area contributed by atoms with E-state index in [9.17, 15) is 8.78 Å². The molecule has 100 valence electrons. The van der Waals surface area contributed by atoms with Crippen LogP contribution in [0.5, 0.6) is 0 Å². The van der Waals surface area contributed by atoms with E-state index in [2.05, 4.69) is 15.9 Å². The molecule has 4 heteroatoms. The van der Waals surface area contributed by atoms with Gasteiger partial charge in [0.1, 0.15) is 0 Å². The summed E-state index contributed by atoms with van der Waals surface area (Å²) < 4.78 is 27.6. The summed E-state index contributed by atoms with van der Waals surface area (Å²) in [5, 5.41) is 0. The molecule has 0 aliphatic heterocycles. The first-order valence-electron chi connectivity index (χ1n) is 6.35. The third kappa shape index (κ3) is 3.75. The number of halogens is 3. The van der Waals surface area contributed by atoms with Crippen molar-refractivity contribution >= 4 is 15.9 Å². The fourth-order valence-electron chi connectivity index (χ4n) is 2.71. The molecule has 0 aromatic heterocycles. The summed E-state index contributed by atoms with van der Waals surface area (Å²) in [6.45, 7) is 0. The molecule has 0 heterocycles. The Kier molecular flexibility index (Phi) is 4.38. The van der Waals surface area contributed by atoms with Gasteiger partial charge < -0.3 is 5.73 Å². The maximum Gasteiger partial charge on any atom is 0.248 e. The maximum atomic E-state index is 13.3. The Hall–Kier alpha value is -0.480. The Morgan fingerprint density at radius 1 is 1.44 bits per heavy atom. The van der Waals surface area contributed by atoms with Gasteiger partial charge in [-0.2, -0.15) is 0 Å². The normalized spacial score (nSPS) is 24.8. The molecule has 0 saturated heterocycles. The minimum absolute atomic E-state index is 0.00525. The number of rotatable bonds is 3. The van der Waals surface area contributed by atoms with Crippen LogP contribution in [0.1, 0.15) is 43.7 Å². The number of benzene rings is 1. The molecule has 1 aromatic rings. The van der Waals surface area contributed by atoms with E-state index in [4.69, 9.17) is 5.73 Å². The minimum atomic E-state index is -2.49. The highest BCUT2D eigenvalue weighted by Crippen LogP contribution is 2.39. The highest BCUT2D eigenvalue weighted by molar-refractivity contribution is 9.10. The van der Waals surface area contributed by atoms with Gasteiger partial charge in [-0.05, 0) is 42.9 Å². The van der Waals surface area contributed by atoms with E-state index in [1.165, 1.54) is 0 Å². The van der Waals surface area contributed by atoms with E-state index in [0.29, 0.717) is 12.8 Å². The summed E-state index contributed by atoms with van der Waals surface area (Å²) in [6.07, 6.45) is 2.16. The molecule has 2 rings (SSSR count). The van der Waals surface area contributed by atoms with Gasteiger partial charge in [0.2, 0.25) is 5.92 Å². The van der Waals surface area contributed by atoms with Crippen LogP contribution >= 0.6 is 15.9 Å². The Morgan fingerprint density at radius 3 is 2.89 bits per heavy atom. The molecule has 2 unspecified atom stereocenters. The van der Waals surface area contributed by atoms with Crippen LogP contribution in [0.25, 0.3) is 0 Å². The van der Waals surface area contributed by atoms with Gasteiger partial charge in [-0.3, -0.25) is 0 Å². The average Bonchev–Trinajstić information content (AvgIpc) is 2.27. The maximum absolute atomic E-state index is 13.3. The predicted octanol–water partition coefficient (Wildman–Crippen LogP) is 4.66. The van der Waals surface area contributed by atoms with Crippen LogP contribution in [0.15, 0.2) is 28.7 Å². The van der Waals surface area contributed by atoms with Crippen molar-refractivity contribution < 1.29 is 8.78 Å². The Balaban J connectivity index is 1.97. The molecule has 1 aliphatic rings. The van der Waals surface area contributed by atoms with E-state index in [0.717, 1.165) is 16.5 Å². The number of hydrogen-bond donors (Lipinski definition) is 1. The molecule has 0 spiro atoms. The van der Waals surface area contributed by atoms with Gasteiger partial charge in [0.15, 0.2) is 0 Å². The van der Waals surface area contributed by atoms with E-state index >= 15 is 0 Å². The molecule has 18 heavy (non-hydrogen) atoms. The van der Waals surface area contributed by atoms with Crippen molar-refractivity contribution in [2.24, 2.45) is 11.7 Å². The number of nitrogens with two attached hydrogens (primary N) is 1. The van der Waals surface area contributed by atoms with Crippen molar-refractivity contribution in [1.82, 2.24) is 0 Å². The molecule has 1 nitrogen and oxygen atoms in total. The second kappa shape index (κ2) is 5.66. The van der Waals surface area contributed by atoms with Gasteiger partial charge in [-0.15, -0.1) is 0 Å². The van der Waals surface area contributed by atoms with Crippen LogP contribution < -0.4 is 5.73 Å². The Morgan fingerprint density at radius 2 is 2.22 bits per heavy atom. The first kappa shape index (κ1) is 13.9. The average molecular weight is 318 g/mol. The molecule has 1 fully saturated rings. The second-order valence-corrected chi connectivity index (χ2v) is 6.13. The fraction of sp³-hybridized carbons (Fsp3) is 0.571. The summed E-state index contributed by atoms with van der Waals surface area (Å²) in [5.74, 6) is -2.44. The van der Waals surface area contributed by atoms with Gasteiger partial charge in [0.05, 0.1) is 0 Å². The minimum Gasteiger partial charge on any atom is -0.324 e. The zero-order valence-electron chi connectivity index (χ0n) is 10.2. The summed E-state index contributed by atoms with van der Waals surface area (Å²) in [7, 11) is 0. The van der Waals surface area contributed by atoms with Crippen LogP contribution in [-0.2, 0) is 0 Å². The van der Waals surface area contributed by atoms with Crippen LogP contribution in [0, 0.1) is 5.92 Å². The van der Waals surface area contributed by atoms with E-state index in [1.807, 2.05) is 24.3 Å². The van der Waals surface area contributed by atoms with E-state index in [-0.39, 0.29) is 24.8 Å². The lowest BCUT2D eigenvalue weighted by atomic mass is 9.81. The zero-order chi connectivity index (χ0) is 13.2. The van der Waals surface area contributed by atoms with Gasteiger partial charge in [-0.1, -0.05) is 28.1 Å². The topological polar surface area (TPSA) is 26.0 Å². The SMILES string of the molecule is NC(CC1CCCC(F)(F)C1)c1cccc(Br)c1. The quantitative estimate of drug-likeness (QED) is 0.861. The van der Waals surface area contributed by atoms with Gasteiger partial charge in [0, 0.05) is 23.4 Å². The summed E-state index contributed by atoms with van der Waals surface area (Å²) in [4.78, 5) is 0. The highest BCUT2D eigenvalue weighted by atomic mass is 79.9. The van der Waals surface area contributed by atoms with E-state index in [1.54, 1.807) is 0 Å².